The van der Waals surface area contributed by atoms with Crippen LogP contribution in [0.3, 0.4) is 0 Å². The molecule has 2 N–H and O–H groups in total. The van der Waals surface area contributed by atoms with Crippen molar-refractivity contribution < 1.29 is 14.2 Å². The van der Waals surface area contributed by atoms with Gasteiger partial charge in [-0.1, -0.05) is 48.5 Å². The summed E-state index contributed by atoms with van der Waals surface area (Å²) in [6.45, 7) is 6.73. The number of guanidine groups is 1. The van der Waals surface area contributed by atoms with Crippen molar-refractivity contribution in [1.29, 1.82) is 0 Å². The van der Waals surface area contributed by atoms with Crippen LogP contribution in [0.4, 0.5) is 0 Å². The van der Waals surface area contributed by atoms with Gasteiger partial charge in [0.2, 0.25) is 0 Å². The number of nitrogens with zero attached hydrogens (tertiary/aromatic N) is 1. The van der Waals surface area contributed by atoms with Crippen LogP contribution in [-0.4, -0.2) is 59.1 Å². The highest BCUT2D eigenvalue weighted by Gasteiger charge is 2.05. The van der Waals surface area contributed by atoms with E-state index in [-0.39, 0.29) is 0 Å². The molecular formula is C23H33N3O3. The van der Waals surface area contributed by atoms with Gasteiger partial charge in [-0.3, -0.25) is 4.99 Å². The molecule has 0 amide bonds. The van der Waals surface area contributed by atoms with Gasteiger partial charge in [0.1, 0.15) is 12.4 Å². The number of ether oxygens (including phenoxy) is 3. The van der Waals surface area contributed by atoms with Crippen molar-refractivity contribution in [2.75, 3.05) is 53.2 Å². The first kappa shape index (κ1) is 22.7. The number of benzene rings is 2. The molecule has 0 saturated heterocycles. The molecular weight excluding hydrogens is 366 g/mol. The lowest BCUT2D eigenvalue weighted by molar-refractivity contribution is 0.0702. The molecule has 0 aliphatic carbocycles. The van der Waals surface area contributed by atoms with Crippen molar-refractivity contribution in [1.82, 2.24) is 10.6 Å². The zero-order valence-corrected chi connectivity index (χ0v) is 17.5. The first-order valence-electron chi connectivity index (χ1n) is 10.2. The summed E-state index contributed by atoms with van der Waals surface area (Å²) in [6, 6.07) is 18.4. The van der Waals surface area contributed by atoms with Crippen molar-refractivity contribution in [3.05, 3.63) is 54.6 Å². The summed E-state index contributed by atoms with van der Waals surface area (Å²) < 4.78 is 16.4. The Morgan fingerprint density at radius 1 is 0.897 bits per heavy atom. The van der Waals surface area contributed by atoms with Crippen LogP contribution in [0, 0.1) is 0 Å². The van der Waals surface area contributed by atoms with Crippen LogP contribution in [0.2, 0.25) is 0 Å². The molecule has 2 rings (SSSR count). The molecule has 0 fully saturated rings. The zero-order chi connectivity index (χ0) is 20.6. The number of methoxy groups -OCH3 is 1. The average molecular weight is 400 g/mol. The molecule has 0 aliphatic heterocycles. The Balaban J connectivity index is 1.75. The molecule has 0 bridgehead atoms. The quantitative estimate of drug-likeness (QED) is 0.307. The minimum absolute atomic E-state index is 0.550. The van der Waals surface area contributed by atoms with E-state index in [1.54, 1.807) is 7.11 Å². The molecule has 29 heavy (non-hydrogen) atoms. The monoisotopic (exact) mass is 399 g/mol. The van der Waals surface area contributed by atoms with Crippen molar-refractivity contribution in [2.24, 2.45) is 4.99 Å². The lowest BCUT2D eigenvalue weighted by Gasteiger charge is -2.14. The first-order chi connectivity index (χ1) is 14.3. The number of hydrogen-bond acceptors (Lipinski definition) is 4. The summed E-state index contributed by atoms with van der Waals surface area (Å²) in [6.07, 6.45) is 0.876. The summed E-state index contributed by atoms with van der Waals surface area (Å²) in [4.78, 5) is 4.57. The molecule has 0 unspecified atom stereocenters. The maximum atomic E-state index is 6.02. The third-order valence-electron chi connectivity index (χ3n) is 4.12. The molecule has 0 radical (unpaired) electrons. The smallest absolute Gasteiger partial charge is 0.191 e. The van der Waals surface area contributed by atoms with Crippen LogP contribution in [0.1, 0.15) is 13.3 Å². The van der Waals surface area contributed by atoms with E-state index in [9.17, 15) is 0 Å². The standard InChI is InChI=1S/C23H33N3O3/c1-3-24-23(25-14-9-16-28-19-18-27-2)26-15-17-29-22-13-8-7-12-21(22)20-10-5-4-6-11-20/h4-8,10-13H,3,9,14-19H2,1-2H3,(H2,24,25,26). The van der Waals surface area contributed by atoms with Crippen molar-refractivity contribution in [3.63, 3.8) is 0 Å². The van der Waals surface area contributed by atoms with Gasteiger partial charge in [-0.25, -0.2) is 0 Å². The second kappa shape index (κ2) is 14.4. The van der Waals surface area contributed by atoms with Gasteiger partial charge in [-0.05, 0) is 25.0 Å². The van der Waals surface area contributed by atoms with Crippen molar-refractivity contribution in [2.45, 2.75) is 13.3 Å². The Labute approximate surface area is 174 Å². The van der Waals surface area contributed by atoms with Crippen LogP contribution in [0.5, 0.6) is 5.75 Å². The maximum absolute atomic E-state index is 6.02. The number of nitrogens with one attached hydrogen (secondary N) is 2. The fraction of sp³-hybridized carbons (Fsp3) is 0.435. The van der Waals surface area contributed by atoms with Crippen molar-refractivity contribution >= 4 is 5.96 Å². The van der Waals surface area contributed by atoms with Gasteiger partial charge >= 0.3 is 0 Å². The number of para-hydroxylation sites is 1. The summed E-state index contributed by atoms with van der Waals surface area (Å²) in [5.74, 6) is 1.68. The Bertz CT molecular complexity index is 708. The van der Waals surface area contributed by atoms with E-state index in [1.807, 2.05) is 36.4 Å². The third kappa shape index (κ3) is 8.98. The molecule has 158 valence electrons. The van der Waals surface area contributed by atoms with Gasteiger partial charge < -0.3 is 24.8 Å². The summed E-state index contributed by atoms with van der Waals surface area (Å²) >= 11 is 0. The molecule has 6 heteroatoms. The number of aliphatic imine (C=N–C) groups is 1. The molecule has 6 nitrogen and oxygen atoms in total. The van der Waals surface area contributed by atoms with Crippen LogP contribution in [0.25, 0.3) is 11.1 Å². The van der Waals surface area contributed by atoms with E-state index in [2.05, 4.69) is 40.7 Å². The molecule has 0 saturated carbocycles. The molecule has 0 aromatic heterocycles. The van der Waals surface area contributed by atoms with Gasteiger partial charge in [0.05, 0.1) is 19.8 Å². The van der Waals surface area contributed by atoms with E-state index in [0.29, 0.717) is 39.5 Å². The highest BCUT2D eigenvalue weighted by molar-refractivity contribution is 5.79. The summed E-state index contributed by atoms with van der Waals surface area (Å²) in [5, 5.41) is 6.57. The van der Waals surface area contributed by atoms with E-state index < -0.39 is 0 Å². The van der Waals surface area contributed by atoms with E-state index >= 15 is 0 Å². The lowest BCUT2D eigenvalue weighted by Crippen LogP contribution is -2.39. The van der Waals surface area contributed by atoms with Gasteiger partial charge in [-0.15, -0.1) is 0 Å². The Hall–Kier alpha value is -2.57. The predicted molar refractivity (Wildman–Crippen MR) is 119 cm³/mol. The second-order valence-corrected chi connectivity index (χ2v) is 6.36. The Morgan fingerprint density at radius 2 is 1.69 bits per heavy atom. The zero-order valence-electron chi connectivity index (χ0n) is 17.5. The van der Waals surface area contributed by atoms with E-state index in [1.165, 1.54) is 0 Å². The highest BCUT2D eigenvalue weighted by atomic mass is 16.5. The van der Waals surface area contributed by atoms with Gasteiger partial charge in [0, 0.05) is 32.4 Å². The normalized spacial score (nSPS) is 11.3. The summed E-state index contributed by atoms with van der Waals surface area (Å²) in [5.41, 5.74) is 2.25. The fourth-order valence-electron chi connectivity index (χ4n) is 2.72. The minimum Gasteiger partial charge on any atom is -0.491 e. The molecule has 0 heterocycles. The molecule has 2 aromatic rings. The van der Waals surface area contributed by atoms with Crippen LogP contribution in [-0.2, 0) is 9.47 Å². The first-order valence-corrected chi connectivity index (χ1v) is 10.2. The predicted octanol–water partition coefficient (Wildman–Crippen LogP) is 3.34. The van der Waals surface area contributed by atoms with E-state index in [0.717, 1.165) is 35.8 Å². The van der Waals surface area contributed by atoms with Crippen LogP contribution in [0.15, 0.2) is 59.6 Å². The highest BCUT2D eigenvalue weighted by Crippen LogP contribution is 2.29. The Morgan fingerprint density at radius 3 is 2.48 bits per heavy atom. The van der Waals surface area contributed by atoms with Crippen LogP contribution >= 0.6 is 0 Å². The number of hydrogen-bond donors (Lipinski definition) is 2. The average Bonchev–Trinajstić information content (AvgIpc) is 2.77. The minimum atomic E-state index is 0.550. The number of rotatable bonds is 13. The topological polar surface area (TPSA) is 64.1 Å². The summed E-state index contributed by atoms with van der Waals surface area (Å²) in [7, 11) is 1.67. The van der Waals surface area contributed by atoms with Gasteiger partial charge in [-0.2, -0.15) is 0 Å². The molecule has 0 aliphatic rings. The van der Waals surface area contributed by atoms with E-state index in [4.69, 9.17) is 14.2 Å². The maximum Gasteiger partial charge on any atom is 0.191 e. The molecule has 2 aromatic carbocycles. The molecule has 0 atom stereocenters. The molecule has 0 spiro atoms. The SMILES string of the molecule is CCNC(=NCCCOCCOC)NCCOc1ccccc1-c1ccccc1. The van der Waals surface area contributed by atoms with Gasteiger partial charge in [0.15, 0.2) is 5.96 Å². The van der Waals surface area contributed by atoms with Crippen LogP contribution < -0.4 is 15.4 Å². The lowest BCUT2D eigenvalue weighted by atomic mass is 10.1. The third-order valence-corrected chi connectivity index (χ3v) is 4.12. The fourth-order valence-corrected chi connectivity index (χ4v) is 2.72. The largest absolute Gasteiger partial charge is 0.491 e. The van der Waals surface area contributed by atoms with Gasteiger partial charge in [0.25, 0.3) is 0 Å². The Kier molecular flexibility index (Phi) is 11.3. The second-order valence-electron chi connectivity index (χ2n) is 6.36. The van der Waals surface area contributed by atoms with Crippen molar-refractivity contribution in [3.8, 4) is 16.9 Å².